The van der Waals surface area contributed by atoms with E-state index in [1.807, 2.05) is 55.6 Å². The third-order valence-electron chi connectivity index (χ3n) is 5.16. The number of para-hydroxylation sites is 1. The summed E-state index contributed by atoms with van der Waals surface area (Å²) in [5, 5.41) is 7.51. The van der Waals surface area contributed by atoms with Crippen molar-refractivity contribution in [3.8, 4) is 5.75 Å². The Bertz CT molecular complexity index is 1030. The fourth-order valence-electron chi connectivity index (χ4n) is 3.65. The van der Waals surface area contributed by atoms with Gasteiger partial charge in [-0.2, -0.15) is 0 Å². The molecular weight excluding hydrogens is 366 g/mol. The number of ether oxygens (including phenoxy) is 2. The maximum absolute atomic E-state index is 12.3. The molecule has 6 heteroatoms. The second-order valence-corrected chi connectivity index (χ2v) is 7.22. The number of nitrogens with one attached hydrogen (secondary N) is 2. The lowest BCUT2D eigenvalue weighted by Crippen LogP contribution is -2.26. The highest BCUT2D eigenvalue weighted by atomic mass is 16.5. The summed E-state index contributed by atoms with van der Waals surface area (Å²) in [5.74, 6) is 0.681. The second kappa shape index (κ2) is 8.49. The Balaban J connectivity index is 1.51. The normalized spacial score (nSPS) is 16.0. The molecule has 1 aliphatic heterocycles. The first-order valence-corrected chi connectivity index (χ1v) is 9.83. The van der Waals surface area contributed by atoms with Gasteiger partial charge in [0.05, 0.1) is 7.11 Å². The van der Waals surface area contributed by atoms with E-state index in [9.17, 15) is 4.79 Å². The Morgan fingerprint density at radius 2 is 2.14 bits per heavy atom. The minimum atomic E-state index is -0.336. The lowest BCUT2D eigenvalue weighted by molar-refractivity contribution is -0.124. The van der Waals surface area contributed by atoms with Crippen LogP contribution in [0.3, 0.4) is 0 Å². The van der Waals surface area contributed by atoms with Crippen molar-refractivity contribution < 1.29 is 14.3 Å². The minimum absolute atomic E-state index is 0.0734. The summed E-state index contributed by atoms with van der Waals surface area (Å²) in [4.78, 5) is 16.8. The molecule has 0 aliphatic carbocycles. The number of aryl methyl sites for hydroxylation is 1. The molecule has 2 N–H and O–H groups in total. The van der Waals surface area contributed by atoms with E-state index in [-0.39, 0.29) is 12.0 Å². The molecule has 0 spiro atoms. The summed E-state index contributed by atoms with van der Waals surface area (Å²) in [6, 6.07) is 13.8. The number of carbonyl (C=O) groups is 1. The number of methoxy groups -OCH3 is 1. The van der Waals surface area contributed by atoms with E-state index in [4.69, 9.17) is 9.47 Å². The first-order chi connectivity index (χ1) is 14.2. The lowest BCUT2D eigenvalue weighted by Gasteiger charge is -2.15. The van der Waals surface area contributed by atoms with Crippen LogP contribution in [0.4, 0.5) is 11.4 Å². The van der Waals surface area contributed by atoms with Crippen LogP contribution in [0.2, 0.25) is 0 Å². The van der Waals surface area contributed by atoms with Gasteiger partial charge >= 0.3 is 0 Å². The number of hydrogen-bond donors (Lipinski definition) is 2. The fourth-order valence-corrected chi connectivity index (χ4v) is 3.65. The molecule has 0 radical (unpaired) electrons. The number of benzene rings is 2. The molecule has 2 heterocycles. The number of carbonyl (C=O) groups excluding carboxylic acids is 1. The van der Waals surface area contributed by atoms with Gasteiger partial charge in [-0.3, -0.25) is 9.78 Å². The molecule has 1 aliphatic rings. The number of hydrogen-bond acceptors (Lipinski definition) is 5. The Labute approximate surface area is 170 Å². The van der Waals surface area contributed by atoms with Crippen LogP contribution in [-0.2, 0) is 16.1 Å². The van der Waals surface area contributed by atoms with Crippen molar-refractivity contribution in [1.29, 1.82) is 0 Å². The number of pyridine rings is 1. The van der Waals surface area contributed by atoms with Crippen molar-refractivity contribution >= 4 is 28.2 Å². The second-order valence-electron chi connectivity index (χ2n) is 7.22. The Kier molecular flexibility index (Phi) is 5.62. The third-order valence-corrected chi connectivity index (χ3v) is 5.16. The molecule has 1 fully saturated rings. The van der Waals surface area contributed by atoms with E-state index in [1.54, 1.807) is 7.11 Å². The van der Waals surface area contributed by atoms with Gasteiger partial charge in [-0.1, -0.05) is 24.3 Å². The van der Waals surface area contributed by atoms with Gasteiger partial charge in [-0.15, -0.1) is 0 Å². The summed E-state index contributed by atoms with van der Waals surface area (Å²) < 4.78 is 10.9. The zero-order valence-electron chi connectivity index (χ0n) is 16.7. The number of anilines is 2. The molecule has 29 heavy (non-hydrogen) atoms. The zero-order valence-corrected chi connectivity index (χ0v) is 16.7. The van der Waals surface area contributed by atoms with Crippen LogP contribution in [0.5, 0.6) is 5.75 Å². The average Bonchev–Trinajstić information content (AvgIpc) is 3.28. The van der Waals surface area contributed by atoms with E-state index in [0.29, 0.717) is 13.2 Å². The summed E-state index contributed by atoms with van der Waals surface area (Å²) in [6.07, 6.45) is 3.24. The molecule has 0 bridgehead atoms. The quantitative estimate of drug-likeness (QED) is 0.656. The van der Waals surface area contributed by atoms with Gasteiger partial charge in [0.25, 0.3) is 5.91 Å². The van der Waals surface area contributed by atoms with Gasteiger partial charge in [0.1, 0.15) is 17.4 Å². The maximum Gasteiger partial charge on any atom is 0.253 e. The first kappa shape index (κ1) is 19.2. The lowest BCUT2D eigenvalue weighted by atomic mass is 10.1. The van der Waals surface area contributed by atoms with Crippen LogP contribution >= 0.6 is 0 Å². The van der Waals surface area contributed by atoms with E-state index < -0.39 is 0 Å². The molecule has 4 rings (SSSR count). The van der Waals surface area contributed by atoms with Crippen molar-refractivity contribution in [2.45, 2.75) is 32.4 Å². The molecule has 3 aromatic rings. The number of fused-ring (bicyclic) bond motifs is 1. The standard InChI is InChI=1S/C23H25N3O3/c1-15-13-24-22-18(8-4-9-19(22)28-2)21(15)25-14-16-6-3-7-17(12-16)26-23(27)20-10-5-11-29-20/h3-4,6-9,12-13,20H,5,10-11,14H2,1-2H3,(H,24,25)(H,26,27). The molecule has 1 aromatic heterocycles. The summed E-state index contributed by atoms with van der Waals surface area (Å²) in [7, 11) is 1.65. The summed E-state index contributed by atoms with van der Waals surface area (Å²) in [6.45, 7) is 3.32. The Hall–Kier alpha value is -3.12. The van der Waals surface area contributed by atoms with Gasteiger partial charge in [0, 0.05) is 36.1 Å². The topological polar surface area (TPSA) is 72.5 Å². The van der Waals surface area contributed by atoms with Crippen molar-refractivity contribution in [2.24, 2.45) is 0 Å². The number of aromatic nitrogens is 1. The van der Waals surface area contributed by atoms with E-state index in [0.717, 1.165) is 52.0 Å². The van der Waals surface area contributed by atoms with Gasteiger partial charge in [-0.25, -0.2) is 0 Å². The third kappa shape index (κ3) is 4.17. The van der Waals surface area contributed by atoms with E-state index in [1.165, 1.54) is 0 Å². The predicted molar refractivity (Wildman–Crippen MR) is 114 cm³/mol. The Morgan fingerprint density at radius 1 is 1.28 bits per heavy atom. The van der Waals surface area contributed by atoms with Crippen LogP contribution in [0.1, 0.15) is 24.0 Å². The van der Waals surface area contributed by atoms with Gasteiger partial charge < -0.3 is 20.1 Å². The summed E-state index contributed by atoms with van der Waals surface area (Å²) in [5.41, 5.74) is 4.78. The highest BCUT2D eigenvalue weighted by Crippen LogP contribution is 2.31. The molecule has 0 saturated carbocycles. The highest BCUT2D eigenvalue weighted by molar-refractivity contribution is 5.96. The molecule has 2 aromatic carbocycles. The maximum atomic E-state index is 12.3. The molecule has 6 nitrogen and oxygen atoms in total. The molecular formula is C23H25N3O3. The monoisotopic (exact) mass is 391 g/mol. The van der Waals surface area contributed by atoms with Gasteiger partial charge in [0.15, 0.2) is 0 Å². The summed E-state index contributed by atoms with van der Waals surface area (Å²) >= 11 is 0. The Morgan fingerprint density at radius 3 is 2.93 bits per heavy atom. The van der Waals surface area contributed by atoms with Crippen molar-refractivity contribution in [3.05, 3.63) is 59.8 Å². The molecule has 1 atom stereocenters. The molecule has 1 saturated heterocycles. The van der Waals surface area contributed by atoms with Crippen LogP contribution in [0.25, 0.3) is 10.9 Å². The smallest absolute Gasteiger partial charge is 0.253 e. The SMILES string of the molecule is COc1cccc2c(NCc3cccc(NC(=O)C4CCCO4)c3)c(C)cnc12. The first-order valence-electron chi connectivity index (χ1n) is 9.83. The highest BCUT2D eigenvalue weighted by Gasteiger charge is 2.23. The number of rotatable bonds is 6. The van der Waals surface area contributed by atoms with Crippen molar-refractivity contribution in [1.82, 2.24) is 4.98 Å². The number of nitrogens with zero attached hydrogens (tertiary/aromatic N) is 1. The van der Waals surface area contributed by atoms with E-state index >= 15 is 0 Å². The predicted octanol–water partition coefficient (Wildman–Crippen LogP) is 4.28. The largest absolute Gasteiger partial charge is 0.494 e. The van der Waals surface area contributed by atoms with Crippen LogP contribution < -0.4 is 15.4 Å². The zero-order chi connectivity index (χ0) is 20.2. The van der Waals surface area contributed by atoms with E-state index in [2.05, 4.69) is 15.6 Å². The van der Waals surface area contributed by atoms with Crippen LogP contribution in [0.15, 0.2) is 48.7 Å². The van der Waals surface area contributed by atoms with Crippen LogP contribution in [0, 0.1) is 6.92 Å². The average molecular weight is 391 g/mol. The fraction of sp³-hybridized carbons (Fsp3) is 0.304. The minimum Gasteiger partial charge on any atom is -0.494 e. The number of amides is 1. The van der Waals surface area contributed by atoms with Crippen molar-refractivity contribution in [2.75, 3.05) is 24.4 Å². The van der Waals surface area contributed by atoms with Gasteiger partial charge in [0.2, 0.25) is 0 Å². The van der Waals surface area contributed by atoms with Crippen LogP contribution in [-0.4, -0.2) is 30.7 Å². The molecule has 1 amide bonds. The molecule has 150 valence electrons. The van der Waals surface area contributed by atoms with Gasteiger partial charge in [-0.05, 0) is 49.1 Å². The van der Waals surface area contributed by atoms with Crippen molar-refractivity contribution in [3.63, 3.8) is 0 Å². The molecule has 1 unspecified atom stereocenters.